The Morgan fingerprint density at radius 3 is 1.32 bits per heavy atom. The van der Waals surface area contributed by atoms with Gasteiger partial charge in [0.2, 0.25) is 0 Å². The number of thioether (sulfide) groups is 2. The highest BCUT2D eigenvalue weighted by Gasteiger charge is 2.05. The third kappa shape index (κ3) is 6.20. The lowest BCUT2D eigenvalue weighted by molar-refractivity contribution is 1.36. The molecule has 2 nitrogen and oxygen atoms in total. The highest BCUT2D eigenvalue weighted by molar-refractivity contribution is 8.03. The van der Waals surface area contributed by atoms with Crippen LogP contribution >= 0.6 is 23.5 Å². The van der Waals surface area contributed by atoms with Crippen molar-refractivity contribution >= 4 is 68.9 Å². The SMILES string of the molecule is C(=Nc1ccccc1SCCSc1ccccc1N=Cc1cccc2ccccc12)c1cccc2ccccc12. The van der Waals surface area contributed by atoms with E-state index in [1.807, 2.05) is 36.0 Å². The van der Waals surface area contributed by atoms with E-state index in [2.05, 4.69) is 133 Å². The van der Waals surface area contributed by atoms with Gasteiger partial charge >= 0.3 is 0 Å². The Morgan fingerprint density at radius 2 is 0.825 bits per heavy atom. The zero-order valence-electron chi connectivity index (χ0n) is 22.0. The second-order valence-corrected chi connectivity index (χ2v) is 11.6. The molecule has 0 aliphatic heterocycles. The van der Waals surface area contributed by atoms with Crippen molar-refractivity contribution in [3.63, 3.8) is 0 Å². The van der Waals surface area contributed by atoms with Crippen molar-refractivity contribution in [3.8, 4) is 0 Å². The molecule has 0 saturated heterocycles. The van der Waals surface area contributed by atoms with Gasteiger partial charge in [-0.1, -0.05) is 109 Å². The van der Waals surface area contributed by atoms with Crippen LogP contribution in [-0.4, -0.2) is 23.9 Å². The molecule has 0 radical (unpaired) electrons. The van der Waals surface area contributed by atoms with Crippen LogP contribution in [0.5, 0.6) is 0 Å². The predicted octanol–water partition coefficient (Wildman–Crippen LogP) is 10.4. The Kier molecular flexibility index (Phi) is 8.37. The van der Waals surface area contributed by atoms with Crippen LogP contribution in [0.25, 0.3) is 21.5 Å². The van der Waals surface area contributed by atoms with Gasteiger partial charge in [-0.05, 0) is 45.8 Å². The van der Waals surface area contributed by atoms with Gasteiger partial charge in [0.1, 0.15) is 0 Å². The maximum Gasteiger partial charge on any atom is 0.0765 e. The minimum absolute atomic E-state index is 0.979. The third-order valence-electron chi connectivity index (χ3n) is 6.66. The molecule has 0 saturated carbocycles. The Morgan fingerprint density at radius 1 is 0.425 bits per heavy atom. The summed E-state index contributed by atoms with van der Waals surface area (Å²) in [5, 5.41) is 4.90. The molecule has 0 fully saturated rings. The molecule has 0 aliphatic rings. The summed E-state index contributed by atoms with van der Waals surface area (Å²) in [6, 6.07) is 46.4. The van der Waals surface area contributed by atoms with Crippen LogP contribution in [0, 0.1) is 0 Å². The molecule has 6 rings (SSSR count). The number of rotatable bonds is 9. The zero-order valence-corrected chi connectivity index (χ0v) is 23.6. The van der Waals surface area contributed by atoms with Crippen molar-refractivity contribution in [2.75, 3.05) is 11.5 Å². The van der Waals surface area contributed by atoms with Crippen LogP contribution in [0.2, 0.25) is 0 Å². The van der Waals surface area contributed by atoms with E-state index in [4.69, 9.17) is 9.98 Å². The molecule has 6 aromatic rings. The first-order valence-electron chi connectivity index (χ1n) is 13.3. The normalized spacial score (nSPS) is 11.7. The fourth-order valence-electron chi connectivity index (χ4n) is 4.68. The lowest BCUT2D eigenvalue weighted by atomic mass is 10.1. The first kappa shape index (κ1) is 26.1. The third-order valence-corrected chi connectivity index (χ3v) is 9.05. The number of nitrogens with zero attached hydrogens (tertiary/aromatic N) is 2. The van der Waals surface area contributed by atoms with Crippen LogP contribution in [0.3, 0.4) is 0 Å². The van der Waals surface area contributed by atoms with Gasteiger partial charge in [-0.25, -0.2) is 0 Å². The van der Waals surface area contributed by atoms with Crippen molar-refractivity contribution in [1.82, 2.24) is 0 Å². The number of hydrogen-bond donors (Lipinski definition) is 0. The van der Waals surface area contributed by atoms with E-state index in [1.165, 1.54) is 31.3 Å². The molecule has 0 spiro atoms. The minimum atomic E-state index is 0.979. The summed E-state index contributed by atoms with van der Waals surface area (Å²) in [7, 11) is 0. The van der Waals surface area contributed by atoms with Gasteiger partial charge in [-0.2, -0.15) is 0 Å². The Labute approximate surface area is 243 Å². The second kappa shape index (κ2) is 12.8. The molecular formula is C36H28N2S2. The first-order valence-corrected chi connectivity index (χ1v) is 15.3. The summed E-state index contributed by atoms with van der Waals surface area (Å²) in [4.78, 5) is 12.2. The van der Waals surface area contributed by atoms with E-state index >= 15 is 0 Å². The van der Waals surface area contributed by atoms with Gasteiger partial charge in [0, 0.05) is 44.9 Å². The minimum Gasteiger partial charge on any atom is -0.255 e. The van der Waals surface area contributed by atoms with E-state index in [0.29, 0.717) is 0 Å². The Balaban J connectivity index is 1.11. The molecule has 0 amide bonds. The molecule has 0 atom stereocenters. The topological polar surface area (TPSA) is 24.7 Å². The summed E-state index contributed by atoms with van der Waals surface area (Å²) in [6.07, 6.45) is 3.97. The molecule has 194 valence electrons. The predicted molar refractivity (Wildman–Crippen MR) is 177 cm³/mol. The average Bonchev–Trinajstić information content (AvgIpc) is 3.02. The first-order chi connectivity index (χ1) is 19.8. The Hall–Kier alpha value is -4.12. The summed E-state index contributed by atoms with van der Waals surface area (Å²) in [6.45, 7) is 0. The van der Waals surface area contributed by atoms with Crippen molar-refractivity contribution in [1.29, 1.82) is 0 Å². The number of benzene rings is 6. The lowest BCUT2D eigenvalue weighted by Crippen LogP contribution is -1.87. The van der Waals surface area contributed by atoms with Crippen LogP contribution in [0.1, 0.15) is 11.1 Å². The smallest absolute Gasteiger partial charge is 0.0765 e. The van der Waals surface area contributed by atoms with E-state index in [9.17, 15) is 0 Å². The van der Waals surface area contributed by atoms with E-state index in [1.54, 1.807) is 0 Å². The summed E-state index contributed by atoms with van der Waals surface area (Å²) < 4.78 is 0. The van der Waals surface area contributed by atoms with Gasteiger partial charge in [-0.15, -0.1) is 23.5 Å². The Bertz CT molecular complexity index is 1680. The molecule has 0 aromatic heterocycles. The second-order valence-electron chi connectivity index (χ2n) is 9.29. The van der Waals surface area contributed by atoms with Crippen LogP contribution in [0.15, 0.2) is 153 Å². The van der Waals surface area contributed by atoms with Crippen LogP contribution in [-0.2, 0) is 0 Å². The molecule has 0 aliphatic carbocycles. The van der Waals surface area contributed by atoms with Crippen molar-refractivity contribution < 1.29 is 0 Å². The number of hydrogen-bond acceptors (Lipinski definition) is 4. The van der Waals surface area contributed by atoms with Crippen molar-refractivity contribution in [2.45, 2.75) is 9.79 Å². The molecule has 4 heteroatoms. The van der Waals surface area contributed by atoms with Crippen molar-refractivity contribution in [2.24, 2.45) is 9.98 Å². The van der Waals surface area contributed by atoms with E-state index in [-0.39, 0.29) is 0 Å². The number of fused-ring (bicyclic) bond motifs is 2. The maximum absolute atomic E-state index is 4.88. The fourth-order valence-corrected chi connectivity index (χ4v) is 6.67. The monoisotopic (exact) mass is 552 g/mol. The van der Waals surface area contributed by atoms with Crippen LogP contribution < -0.4 is 0 Å². The largest absolute Gasteiger partial charge is 0.255 e. The molecule has 40 heavy (non-hydrogen) atoms. The van der Waals surface area contributed by atoms with E-state index in [0.717, 1.165) is 34.0 Å². The van der Waals surface area contributed by atoms with Gasteiger partial charge in [0.15, 0.2) is 0 Å². The average molecular weight is 553 g/mol. The summed E-state index contributed by atoms with van der Waals surface area (Å²) >= 11 is 3.70. The molecule has 0 bridgehead atoms. The molecular weight excluding hydrogens is 525 g/mol. The zero-order chi connectivity index (χ0) is 27.0. The highest BCUT2D eigenvalue weighted by atomic mass is 32.2. The molecule has 0 heterocycles. The van der Waals surface area contributed by atoms with Gasteiger partial charge in [-0.3, -0.25) is 9.98 Å². The summed E-state index contributed by atoms with van der Waals surface area (Å²) in [5.41, 5.74) is 4.28. The standard InChI is InChI=1S/C36H28N2S2/c1-3-17-31-27(11-1)13-9-15-29(31)25-37-33-19-5-7-21-35(33)39-23-24-40-36-22-8-6-20-34(36)38-26-30-16-10-14-28-12-2-4-18-32(28)30/h1-22,25-26H,23-24H2. The van der Waals surface area contributed by atoms with Gasteiger partial charge < -0.3 is 0 Å². The fraction of sp³-hybridized carbons (Fsp3) is 0.0556. The van der Waals surface area contributed by atoms with Crippen molar-refractivity contribution in [3.05, 3.63) is 145 Å². The quantitative estimate of drug-likeness (QED) is 0.101. The molecule has 0 unspecified atom stereocenters. The number of para-hydroxylation sites is 2. The molecule has 6 aromatic carbocycles. The van der Waals surface area contributed by atoms with Gasteiger partial charge in [0.25, 0.3) is 0 Å². The van der Waals surface area contributed by atoms with Gasteiger partial charge in [0.05, 0.1) is 11.4 Å². The maximum atomic E-state index is 4.88. The highest BCUT2D eigenvalue weighted by Crippen LogP contribution is 2.33. The van der Waals surface area contributed by atoms with E-state index < -0.39 is 0 Å². The van der Waals surface area contributed by atoms with Crippen LogP contribution in [0.4, 0.5) is 11.4 Å². The lowest BCUT2D eigenvalue weighted by Gasteiger charge is -2.08. The molecule has 0 N–H and O–H groups in total. The summed E-state index contributed by atoms with van der Waals surface area (Å²) in [5.74, 6) is 1.96. The number of aliphatic imine (C=N–C) groups is 2.